The molecule has 1 fully saturated rings. The van der Waals surface area contributed by atoms with Crippen molar-refractivity contribution in [3.8, 4) is 0 Å². The Labute approximate surface area is 170 Å². The number of ether oxygens (including phenoxy) is 2. The highest BCUT2D eigenvalue weighted by atomic mass is 16.5. The first-order valence-electron chi connectivity index (χ1n) is 9.76. The van der Waals surface area contributed by atoms with E-state index in [1.165, 1.54) is 6.08 Å². The first kappa shape index (κ1) is 20.7. The number of hydrogen-bond donors (Lipinski definition) is 0. The molecule has 0 bridgehead atoms. The molecule has 0 spiro atoms. The lowest BCUT2D eigenvalue weighted by molar-refractivity contribution is -0.137. The summed E-state index contributed by atoms with van der Waals surface area (Å²) in [5, 5.41) is 0. The van der Waals surface area contributed by atoms with Crippen molar-refractivity contribution < 1.29 is 23.9 Å². The second-order valence-corrected chi connectivity index (χ2v) is 6.90. The fourth-order valence-corrected chi connectivity index (χ4v) is 3.39. The second kappa shape index (κ2) is 9.94. The van der Waals surface area contributed by atoms with Crippen LogP contribution in [0.4, 0.5) is 0 Å². The Morgan fingerprint density at radius 3 is 2.34 bits per heavy atom. The molecule has 5 heteroatoms. The highest BCUT2D eigenvalue weighted by Crippen LogP contribution is 2.32. The molecule has 1 saturated heterocycles. The third kappa shape index (κ3) is 5.72. The summed E-state index contributed by atoms with van der Waals surface area (Å²) >= 11 is 0. The number of ketones is 2. The molecule has 5 nitrogen and oxygen atoms in total. The lowest BCUT2D eigenvalue weighted by Crippen LogP contribution is -2.19. The standard InChI is InChI=1S/C24H24O5/c1-2-28-24(27)14-19-13-20(15-21(25)17-9-5-3-6-10-17)29-23(16-22(19)26)18-11-7-4-8-12-18/h3-12,14,20,23H,2,13,15-16H2,1H3/b19-14+/t20-,23-/m0/s1. The summed E-state index contributed by atoms with van der Waals surface area (Å²) in [6.07, 6.45) is 0.694. The van der Waals surface area contributed by atoms with E-state index in [0.29, 0.717) is 11.1 Å². The molecule has 1 aliphatic heterocycles. The van der Waals surface area contributed by atoms with Crippen molar-refractivity contribution in [2.24, 2.45) is 0 Å². The van der Waals surface area contributed by atoms with Gasteiger partial charge in [0, 0.05) is 36.5 Å². The molecule has 0 saturated carbocycles. The Kier molecular flexibility index (Phi) is 7.09. The third-order valence-corrected chi connectivity index (χ3v) is 4.79. The minimum Gasteiger partial charge on any atom is -0.463 e. The SMILES string of the molecule is CCOC(=O)/C=C1\C[C@@H](CC(=O)c2ccccc2)O[C@H](c2ccccc2)CC1=O. The summed E-state index contributed by atoms with van der Waals surface area (Å²) in [6, 6.07) is 18.4. The van der Waals surface area contributed by atoms with Crippen molar-refractivity contribution >= 4 is 17.5 Å². The van der Waals surface area contributed by atoms with E-state index in [0.717, 1.165) is 5.56 Å². The van der Waals surface area contributed by atoms with Crippen LogP contribution in [0.1, 0.15) is 48.2 Å². The molecule has 1 aliphatic rings. The summed E-state index contributed by atoms with van der Waals surface area (Å²) < 4.78 is 11.2. The molecule has 1 heterocycles. The minimum absolute atomic E-state index is 0.0627. The molecule has 0 unspecified atom stereocenters. The van der Waals surface area contributed by atoms with Gasteiger partial charge in [0.2, 0.25) is 0 Å². The average Bonchev–Trinajstić information content (AvgIpc) is 2.88. The van der Waals surface area contributed by atoms with Gasteiger partial charge in [-0.1, -0.05) is 60.7 Å². The van der Waals surface area contributed by atoms with Crippen molar-refractivity contribution in [2.45, 2.75) is 38.4 Å². The molecule has 29 heavy (non-hydrogen) atoms. The maximum Gasteiger partial charge on any atom is 0.331 e. The van der Waals surface area contributed by atoms with E-state index >= 15 is 0 Å². The van der Waals surface area contributed by atoms with Crippen molar-refractivity contribution in [2.75, 3.05) is 6.61 Å². The normalized spacial score (nSPS) is 20.9. The van der Waals surface area contributed by atoms with E-state index in [1.807, 2.05) is 48.5 Å². The van der Waals surface area contributed by atoms with Crippen LogP contribution < -0.4 is 0 Å². The fraction of sp³-hybridized carbons (Fsp3) is 0.292. The van der Waals surface area contributed by atoms with Gasteiger partial charge in [-0.05, 0) is 12.5 Å². The Balaban J connectivity index is 1.85. The zero-order valence-electron chi connectivity index (χ0n) is 16.4. The van der Waals surface area contributed by atoms with Gasteiger partial charge in [-0.2, -0.15) is 0 Å². The van der Waals surface area contributed by atoms with Gasteiger partial charge in [0.25, 0.3) is 0 Å². The number of carbonyl (C=O) groups is 3. The molecular formula is C24H24O5. The number of hydrogen-bond acceptors (Lipinski definition) is 5. The van der Waals surface area contributed by atoms with Gasteiger partial charge < -0.3 is 9.47 Å². The molecule has 0 aliphatic carbocycles. The van der Waals surface area contributed by atoms with Crippen LogP contribution in [0, 0.1) is 0 Å². The lowest BCUT2D eigenvalue weighted by atomic mass is 9.97. The predicted molar refractivity (Wildman–Crippen MR) is 108 cm³/mol. The van der Waals surface area contributed by atoms with Crippen molar-refractivity contribution in [3.63, 3.8) is 0 Å². The highest BCUT2D eigenvalue weighted by Gasteiger charge is 2.31. The second-order valence-electron chi connectivity index (χ2n) is 6.90. The first-order chi connectivity index (χ1) is 14.1. The van der Waals surface area contributed by atoms with E-state index in [4.69, 9.17) is 9.47 Å². The van der Waals surface area contributed by atoms with Crippen LogP contribution in [0.25, 0.3) is 0 Å². The van der Waals surface area contributed by atoms with Gasteiger partial charge in [-0.3, -0.25) is 9.59 Å². The molecule has 0 N–H and O–H groups in total. The van der Waals surface area contributed by atoms with Gasteiger partial charge in [0.1, 0.15) is 0 Å². The summed E-state index contributed by atoms with van der Waals surface area (Å²) in [4.78, 5) is 37.4. The van der Waals surface area contributed by atoms with Crippen LogP contribution in [0.5, 0.6) is 0 Å². The number of esters is 1. The number of rotatable bonds is 6. The molecule has 3 rings (SSSR count). The first-order valence-corrected chi connectivity index (χ1v) is 9.76. The average molecular weight is 392 g/mol. The van der Waals surface area contributed by atoms with Crippen LogP contribution in [-0.2, 0) is 19.1 Å². The monoisotopic (exact) mass is 392 g/mol. The third-order valence-electron chi connectivity index (χ3n) is 4.79. The van der Waals surface area contributed by atoms with Gasteiger partial charge in [-0.25, -0.2) is 4.79 Å². The lowest BCUT2D eigenvalue weighted by Gasteiger charge is -2.21. The molecule has 2 aromatic rings. The van der Waals surface area contributed by atoms with E-state index in [1.54, 1.807) is 19.1 Å². The summed E-state index contributed by atoms with van der Waals surface area (Å²) in [5.41, 5.74) is 1.81. The Morgan fingerprint density at radius 1 is 1.03 bits per heavy atom. The summed E-state index contributed by atoms with van der Waals surface area (Å²) in [5.74, 6) is -0.782. The highest BCUT2D eigenvalue weighted by molar-refractivity contribution is 6.01. The Bertz CT molecular complexity index is 886. The van der Waals surface area contributed by atoms with Crippen molar-refractivity contribution in [1.82, 2.24) is 0 Å². The number of benzene rings is 2. The van der Waals surface area contributed by atoms with Gasteiger partial charge in [0.15, 0.2) is 11.6 Å². The summed E-state index contributed by atoms with van der Waals surface area (Å²) in [7, 11) is 0. The molecule has 2 aromatic carbocycles. The smallest absolute Gasteiger partial charge is 0.331 e. The maximum atomic E-state index is 12.8. The fourth-order valence-electron chi connectivity index (χ4n) is 3.39. The molecule has 150 valence electrons. The maximum absolute atomic E-state index is 12.8. The molecule has 0 amide bonds. The number of carbonyl (C=O) groups excluding carboxylic acids is 3. The molecule has 0 aromatic heterocycles. The molecule has 0 radical (unpaired) electrons. The van der Waals surface area contributed by atoms with Crippen molar-refractivity contribution in [1.29, 1.82) is 0 Å². The van der Waals surface area contributed by atoms with Crippen LogP contribution in [0.2, 0.25) is 0 Å². The molecular weight excluding hydrogens is 368 g/mol. The number of Topliss-reactive ketones (excluding diaryl/α,β-unsaturated/α-hetero) is 2. The van der Waals surface area contributed by atoms with Gasteiger partial charge >= 0.3 is 5.97 Å². The Morgan fingerprint density at radius 2 is 1.69 bits per heavy atom. The zero-order chi connectivity index (χ0) is 20.6. The largest absolute Gasteiger partial charge is 0.463 e. The minimum atomic E-state index is -0.554. The zero-order valence-corrected chi connectivity index (χ0v) is 16.4. The molecule has 2 atom stereocenters. The van der Waals surface area contributed by atoms with Crippen LogP contribution in [0.3, 0.4) is 0 Å². The van der Waals surface area contributed by atoms with Gasteiger partial charge in [0.05, 0.1) is 18.8 Å². The van der Waals surface area contributed by atoms with Gasteiger partial charge in [-0.15, -0.1) is 0 Å². The van der Waals surface area contributed by atoms with E-state index in [2.05, 4.69) is 0 Å². The van der Waals surface area contributed by atoms with Crippen molar-refractivity contribution in [3.05, 3.63) is 83.4 Å². The van der Waals surface area contributed by atoms with Crippen LogP contribution in [0.15, 0.2) is 72.3 Å². The quantitative estimate of drug-likeness (QED) is 0.418. The Hall–Kier alpha value is -3.05. The predicted octanol–water partition coefficient (Wildman–Crippen LogP) is 4.24. The van der Waals surface area contributed by atoms with Crippen LogP contribution >= 0.6 is 0 Å². The van der Waals surface area contributed by atoms with Crippen LogP contribution in [-0.4, -0.2) is 30.2 Å². The topological polar surface area (TPSA) is 69.7 Å². The van der Waals surface area contributed by atoms with E-state index in [9.17, 15) is 14.4 Å². The van der Waals surface area contributed by atoms with E-state index in [-0.39, 0.29) is 37.4 Å². The van der Waals surface area contributed by atoms with E-state index < -0.39 is 18.2 Å². The summed E-state index contributed by atoms with van der Waals surface area (Å²) in [6.45, 7) is 1.94.